The van der Waals surface area contributed by atoms with Gasteiger partial charge in [-0.05, 0) is 6.07 Å². The first kappa shape index (κ1) is 8.90. The molecule has 0 bridgehead atoms. The lowest BCUT2D eigenvalue weighted by Crippen LogP contribution is -2.09. The summed E-state index contributed by atoms with van der Waals surface area (Å²) in [6.07, 6.45) is 7.38. The van der Waals surface area contributed by atoms with Crippen molar-refractivity contribution in [1.29, 1.82) is 0 Å². The van der Waals surface area contributed by atoms with E-state index >= 15 is 0 Å². The molecule has 4 nitrogen and oxygen atoms in total. The van der Waals surface area contributed by atoms with Gasteiger partial charge < -0.3 is 5.73 Å². The number of nitrogens with two attached hydrogens (primary N) is 1. The van der Waals surface area contributed by atoms with Gasteiger partial charge in [0.1, 0.15) is 0 Å². The van der Waals surface area contributed by atoms with Crippen LogP contribution in [0.2, 0.25) is 0 Å². The van der Waals surface area contributed by atoms with E-state index in [9.17, 15) is 0 Å². The maximum absolute atomic E-state index is 5.44. The molecule has 0 spiro atoms. The Kier molecular flexibility index (Phi) is 2.55. The molecule has 4 heteroatoms. The van der Waals surface area contributed by atoms with Gasteiger partial charge in [0.2, 0.25) is 0 Å². The van der Waals surface area contributed by atoms with Crippen molar-refractivity contribution in [2.75, 3.05) is 6.54 Å². The van der Waals surface area contributed by atoms with Crippen LogP contribution in [0.4, 0.5) is 0 Å². The molecular formula is C10H12N4. The predicted octanol–water partition coefficient (Wildman–Crippen LogP) is 0.904. The highest BCUT2D eigenvalue weighted by molar-refractivity contribution is 5.60. The quantitative estimate of drug-likeness (QED) is 0.778. The van der Waals surface area contributed by atoms with Crippen LogP contribution in [0.25, 0.3) is 11.1 Å². The number of rotatable bonds is 3. The van der Waals surface area contributed by atoms with Crippen LogP contribution < -0.4 is 5.73 Å². The van der Waals surface area contributed by atoms with Crippen molar-refractivity contribution in [1.82, 2.24) is 14.8 Å². The first-order valence-corrected chi connectivity index (χ1v) is 4.53. The van der Waals surface area contributed by atoms with Crippen molar-refractivity contribution in [2.24, 2.45) is 5.73 Å². The third kappa shape index (κ3) is 1.80. The second kappa shape index (κ2) is 4.02. The maximum atomic E-state index is 5.44. The van der Waals surface area contributed by atoms with Gasteiger partial charge in [0.15, 0.2) is 0 Å². The van der Waals surface area contributed by atoms with E-state index < -0.39 is 0 Å². The standard InChI is InChI=1S/C10H12N4/c11-3-5-14-8-10(7-13-14)9-2-1-4-12-6-9/h1-2,4,6-8H,3,5,11H2. The van der Waals surface area contributed by atoms with Gasteiger partial charge in [-0.25, -0.2) is 0 Å². The molecule has 0 aliphatic heterocycles. The van der Waals surface area contributed by atoms with Gasteiger partial charge in [0.05, 0.1) is 12.7 Å². The predicted molar refractivity (Wildman–Crippen MR) is 54.5 cm³/mol. The van der Waals surface area contributed by atoms with Crippen LogP contribution in [0.1, 0.15) is 0 Å². The van der Waals surface area contributed by atoms with Gasteiger partial charge in [-0.15, -0.1) is 0 Å². The Bertz CT molecular complexity index is 394. The summed E-state index contributed by atoms with van der Waals surface area (Å²) in [5.74, 6) is 0. The van der Waals surface area contributed by atoms with Crippen molar-refractivity contribution in [3.8, 4) is 11.1 Å². The fourth-order valence-corrected chi connectivity index (χ4v) is 1.30. The number of hydrogen-bond donors (Lipinski definition) is 1. The average molecular weight is 188 g/mol. The summed E-state index contributed by atoms with van der Waals surface area (Å²) in [5.41, 5.74) is 7.59. The second-order valence-electron chi connectivity index (χ2n) is 3.02. The fourth-order valence-electron chi connectivity index (χ4n) is 1.30. The molecule has 72 valence electrons. The maximum Gasteiger partial charge on any atom is 0.0568 e. The van der Waals surface area contributed by atoms with Crippen LogP contribution in [0.15, 0.2) is 36.9 Å². The van der Waals surface area contributed by atoms with E-state index in [4.69, 9.17) is 5.73 Å². The third-order valence-electron chi connectivity index (χ3n) is 1.99. The lowest BCUT2D eigenvalue weighted by Gasteiger charge is -1.96. The summed E-state index contributed by atoms with van der Waals surface area (Å²) in [7, 11) is 0. The van der Waals surface area contributed by atoms with E-state index in [1.807, 2.05) is 35.4 Å². The Morgan fingerprint density at radius 2 is 2.21 bits per heavy atom. The van der Waals surface area contributed by atoms with E-state index in [0.717, 1.165) is 17.7 Å². The van der Waals surface area contributed by atoms with E-state index in [0.29, 0.717) is 6.54 Å². The van der Waals surface area contributed by atoms with Crippen molar-refractivity contribution < 1.29 is 0 Å². The Hall–Kier alpha value is -1.68. The van der Waals surface area contributed by atoms with Gasteiger partial charge >= 0.3 is 0 Å². The first-order chi connectivity index (χ1) is 6.90. The van der Waals surface area contributed by atoms with Crippen LogP contribution in [-0.4, -0.2) is 21.3 Å². The smallest absolute Gasteiger partial charge is 0.0568 e. The highest BCUT2D eigenvalue weighted by Crippen LogP contribution is 2.15. The zero-order valence-electron chi connectivity index (χ0n) is 7.80. The molecule has 2 rings (SSSR count). The Labute approximate surface area is 82.4 Å². The van der Waals surface area contributed by atoms with Crippen molar-refractivity contribution in [3.05, 3.63) is 36.9 Å². The lowest BCUT2D eigenvalue weighted by atomic mass is 10.2. The minimum Gasteiger partial charge on any atom is -0.329 e. The van der Waals surface area contributed by atoms with Crippen molar-refractivity contribution >= 4 is 0 Å². The normalized spacial score (nSPS) is 10.4. The summed E-state index contributed by atoms with van der Waals surface area (Å²) in [4.78, 5) is 4.05. The minimum absolute atomic E-state index is 0.605. The number of aromatic nitrogens is 3. The van der Waals surface area contributed by atoms with Gasteiger partial charge in [0, 0.05) is 36.3 Å². The van der Waals surface area contributed by atoms with Crippen LogP contribution in [-0.2, 0) is 6.54 Å². The summed E-state index contributed by atoms with van der Waals surface area (Å²) in [6.45, 7) is 1.36. The monoisotopic (exact) mass is 188 g/mol. The lowest BCUT2D eigenvalue weighted by molar-refractivity contribution is 0.625. The van der Waals surface area contributed by atoms with E-state index in [1.165, 1.54) is 0 Å². The van der Waals surface area contributed by atoms with E-state index in [2.05, 4.69) is 10.1 Å². The summed E-state index contributed by atoms with van der Waals surface area (Å²) < 4.78 is 1.84. The zero-order valence-corrected chi connectivity index (χ0v) is 7.80. The fraction of sp³-hybridized carbons (Fsp3) is 0.200. The molecule has 14 heavy (non-hydrogen) atoms. The van der Waals surface area contributed by atoms with Gasteiger partial charge in [-0.3, -0.25) is 9.67 Å². The SMILES string of the molecule is NCCn1cc(-c2cccnc2)cn1. The van der Waals surface area contributed by atoms with Gasteiger partial charge in [-0.1, -0.05) is 6.07 Å². The molecular weight excluding hydrogens is 176 g/mol. The Morgan fingerprint density at radius 1 is 1.29 bits per heavy atom. The molecule has 0 radical (unpaired) electrons. The first-order valence-electron chi connectivity index (χ1n) is 4.53. The van der Waals surface area contributed by atoms with Crippen LogP contribution in [0, 0.1) is 0 Å². The molecule has 2 aromatic heterocycles. The molecule has 0 atom stereocenters. The Balaban J connectivity index is 2.25. The highest BCUT2D eigenvalue weighted by Gasteiger charge is 2.00. The molecule has 0 amide bonds. The summed E-state index contributed by atoms with van der Waals surface area (Å²) in [5, 5.41) is 4.19. The van der Waals surface area contributed by atoms with Crippen LogP contribution >= 0.6 is 0 Å². The third-order valence-corrected chi connectivity index (χ3v) is 1.99. The number of hydrogen-bond acceptors (Lipinski definition) is 3. The van der Waals surface area contributed by atoms with Crippen molar-refractivity contribution in [3.63, 3.8) is 0 Å². The number of pyridine rings is 1. The largest absolute Gasteiger partial charge is 0.329 e. The van der Waals surface area contributed by atoms with Gasteiger partial charge in [-0.2, -0.15) is 5.10 Å². The minimum atomic E-state index is 0.605. The van der Waals surface area contributed by atoms with Gasteiger partial charge in [0.25, 0.3) is 0 Å². The van der Waals surface area contributed by atoms with E-state index in [-0.39, 0.29) is 0 Å². The zero-order chi connectivity index (χ0) is 9.80. The molecule has 0 saturated carbocycles. The molecule has 0 saturated heterocycles. The molecule has 0 unspecified atom stereocenters. The molecule has 0 aliphatic rings. The molecule has 0 aromatic carbocycles. The van der Waals surface area contributed by atoms with E-state index in [1.54, 1.807) is 6.20 Å². The second-order valence-corrected chi connectivity index (χ2v) is 3.02. The van der Waals surface area contributed by atoms with Crippen molar-refractivity contribution in [2.45, 2.75) is 6.54 Å². The topological polar surface area (TPSA) is 56.7 Å². The number of nitrogens with zero attached hydrogens (tertiary/aromatic N) is 3. The highest BCUT2D eigenvalue weighted by atomic mass is 15.3. The van der Waals surface area contributed by atoms with Crippen LogP contribution in [0.3, 0.4) is 0 Å². The average Bonchev–Trinajstić information content (AvgIpc) is 2.68. The summed E-state index contributed by atoms with van der Waals surface area (Å²) >= 11 is 0. The van der Waals surface area contributed by atoms with Crippen LogP contribution in [0.5, 0.6) is 0 Å². The summed E-state index contributed by atoms with van der Waals surface area (Å²) in [6, 6.07) is 3.92. The Morgan fingerprint density at radius 3 is 2.93 bits per heavy atom. The molecule has 0 fully saturated rings. The molecule has 2 aromatic rings. The molecule has 2 N–H and O–H groups in total. The molecule has 2 heterocycles. The molecule has 0 aliphatic carbocycles.